The summed E-state index contributed by atoms with van der Waals surface area (Å²) >= 11 is 1.29. The molecule has 8 heteroatoms. The number of aromatic nitrogens is 2. The van der Waals surface area contributed by atoms with Crippen LogP contribution >= 0.6 is 11.3 Å². The number of para-hydroxylation sites is 1. The Labute approximate surface area is 181 Å². The third-order valence-corrected chi connectivity index (χ3v) is 5.50. The summed E-state index contributed by atoms with van der Waals surface area (Å²) in [5, 5.41) is 4.94. The van der Waals surface area contributed by atoms with E-state index in [0.717, 1.165) is 28.3 Å². The molecule has 4 aromatic rings. The van der Waals surface area contributed by atoms with Gasteiger partial charge >= 0.3 is 0 Å². The van der Waals surface area contributed by atoms with Crippen molar-refractivity contribution in [2.24, 2.45) is 0 Å². The van der Waals surface area contributed by atoms with Crippen LogP contribution in [0.1, 0.15) is 11.4 Å². The molecule has 0 atom stereocenters. The smallest absolute Gasteiger partial charge is 0.264 e. The molecule has 5 nitrogen and oxygen atoms in total. The number of nitrogens with zero attached hydrogens (tertiary/aromatic N) is 2. The van der Waals surface area contributed by atoms with E-state index in [2.05, 4.69) is 10.3 Å². The van der Waals surface area contributed by atoms with E-state index in [0.29, 0.717) is 5.13 Å². The number of hydrogen-bond donors (Lipinski definition) is 1. The molecule has 0 bridgehead atoms. The Morgan fingerprint density at radius 3 is 2.61 bits per heavy atom. The number of rotatable bonds is 6. The van der Waals surface area contributed by atoms with Gasteiger partial charge in [0, 0.05) is 28.0 Å². The van der Waals surface area contributed by atoms with E-state index < -0.39 is 11.7 Å². The van der Waals surface area contributed by atoms with Gasteiger partial charge in [0.1, 0.15) is 5.82 Å². The van der Waals surface area contributed by atoms with Crippen molar-refractivity contribution in [2.75, 3.05) is 11.9 Å². The van der Waals surface area contributed by atoms with Crippen LogP contribution in [-0.4, -0.2) is 22.1 Å². The predicted molar refractivity (Wildman–Crippen MR) is 117 cm³/mol. The van der Waals surface area contributed by atoms with Crippen molar-refractivity contribution in [2.45, 2.75) is 13.8 Å². The summed E-state index contributed by atoms with van der Waals surface area (Å²) in [6, 6.07) is 14.2. The number of anilines is 1. The van der Waals surface area contributed by atoms with Crippen LogP contribution in [0.2, 0.25) is 0 Å². The van der Waals surface area contributed by atoms with Crippen molar-refractivity contribution in [1.82, 2.24) is 9.55 Å². The maximum absolute atomic E-state index is 13.6. The largest absolute Gasteiger partial charge is 0.481 e. The summed E-state index contributed by atoms with van der Waals surface area (Å²) in [5.41, 5.74) is 4.43. The average Bonchev–Trinajstić information content (AvgIpc) is 3.32. The fourth-order valence-corrected chi connectivity index (χ4v) is 4.05. The van der Waals surface area contributed by atoms with E-state index in [1.54, 1.807) is 24.3 Å². The third kappa shape index (κ3) is 4.49. The number of ether oxygens (including phenoxy) is 1. The Hall–Kier alpha value is -3.52. The van der Waals surface area contributed by atoms with E-state index in [1.807, 2.05) is 29.9 Å². The van der Waals surface area contributed by atoms with Gasteiger partial charge in [0.2, 0.25) is 0 Å². The molecule has 2 aromatic heterocycles. The molecule has 1 N–H and O–H groups in total. The summed E-state index contributed by atoms with van der Waals surface area (Å²) in [4.78, 5) is 16.7. The van der Waals surface area contributed by atoms with Crippen LogP contribution in [0.3, 0.4) is 0 Å². The van der Waals surface area contributed by atoms with E-state index in [1.165, 1.54) is 35.6 Å². The van der Waals surface area contributed by atoms with Crippen LogP contribution in [0.5, 0.6) is 5.75 Å². The van der Waals surface area contributed by atoms with Crippen LogP contribution in [0.25, 0.3) is 16.9 Å². The molecule has 1 amide bonds. The Balaban J connectivity index is 1.47. The second kappa shape index (κ2) is 8.69. The molecule has 0 spiro atoms. The molecule has 0 aliphatic heterocycles. The lowest BCUT2D eigenvalue weighted by molar-refractivity contribution is -0.118. The van der Waals surface area contributed by atoms with Gasteiger partial charge in [0.05, 0.1) is 5.69 Å². The molecular weight excluding hydrogens is 420 g/mol. The van der Waals surface area contributed by atoms with Gasteiger partial charge in [0.25, 0.3) is 5.91 Å². The van der Waals surface area contributed by atoms with Gasteiger partial charge in [-0.05, 0) is 56.3 Å². The molecule has 0 saturated carbocycles. The molecule has 0 unspecified atom stereocenters. The highest BCUT2D eigenvalue weighted by Crippen LogP contribution is 2.31. The number of amides is 1. The Morgan fingerprint density at radius 1 is 1.13 bits per heavy atom. The maximum Gasteiger partial charge on any atom is 0.264 e. The summed E-state index contributed by atoms with van der Waals surface area (Å²) in [7, 11) is 0. The van der Waals surface area contributed by atoms with Crippen LogP contribution in [-0.2, 0) is 4.79 Å². The Kier molecular flexibility index (Phi) is 5.81. The van der Waals surface area contributed by atoms with Crippen LogP contribution < -0.4 is 10.1 Å². The number of hydrogen-bond acceptors (Lipinski definition) is 4. The summed E-state index contributed by atoms with van der Waals surface area (Å²) in [6.07, 6.45) is 0. The van der Waals surface area contributed by atoms with Crippen molar-refractivity contribution in [3.63, 3.8) is 0 Å². The summed E-state index contributed by atoms with van der Waals surface area (Å²) < 4.78 is 34.1. The quantitative estimate of drug-likeness (QED) is 0.431. The van der Waals surface area contributed by atoms with E-state index in [-0.39, 0.29) is 18.2 Å². The van der Waals surface area contributed by atoms with Crippen molar-refractivity contribution in [3.8, 4) is 22.7 Å². The van der Waals surface area contributed by atoms with Crippen molar-refractivity contribution >= 4 is 22.4 Å². The molecule has 0 radical (unpaired) electrons. The number of thiazole rings is 1. The number of halogens is 2. The number of aryl methyl sites for hydroxylation is 1. The summed E-state index contributed by atoms with van der Waals surface area (Å²) in [5.74, 6) is -1.22. The SMILES string of the molecule is Cc1cc(-c2csc(NC(=O)COc3ccccc3F)n2)c(C)n1-c1ccc(F)cc1. The van der Waals surface area contributed by atoms with Crippen molar-refractivity contribution in [3.05, 3.63) is 83.0 Å². The highest BCUT2D eigenvalue weighted by molar-refractivity contribution is 7.14. The molecule has 31 heavy (non-hydrogen) atoms. The Morgan fingerprint density at radius 2 is 1.87 bits per heavy atom. The van der Waals surface area contributed by atoms with Gasteiger partial charge in [-0.1, -0.05) is 12.1 Å². The van der Waals surface area contributed by atoms with Gasteiger partial charge in [-0.25, -0.2) is 13.8 Å². The number of nitrogens with one attached hydrogen (secondary N) is 1. The van der Waals surface area contributed by atoms with Crippen LogP contribution in [0.15, 0.2) is 60.0 Å². The topological polar surface area (TPSA) is 56.1 Å². The minimum atomic E-state index is -0.525. The minimum absolute atomic E-state index is 0.0192. The first kappa shape index (κ1) is 20.7. The van der Waals surface area contributed by atoms with Gasteiger partial charge in [-0.2, -0.15) is 0 Å². The fraction of sp³-hybridized carbons (Fsp3) is 0.130. The molecule has 0 aliphatic rings. The highest BCUT2D eigenvalue weighted by Gasteiger charge is 2.16. The lowest BCUT2D eigenvalue weighted by atomic mass is 10.2. The summed E-state index contributed by atoms with van der Waals surface area (Å²) in [6.45, 7) is 3.61. The first-order chi connectivity index (χ1) is 14.9. The number of carbonyl (C=O) groups is 1. The maximum atomic E-state index is 13.6. The Bertz CT molecular complexity index is 1230. The zero-order chi connectivity index (χ0) is 22.0. The lowest BCUT2D eigenvalue weighted by Crippen LogP contribution is -2.20. The van der Waals surface area contributed by atoms with Crippen molar-refractivity contribution < 1.29 is 18.3 Å². The van der Waals surface area contributed by atoms with Crippen LogP contribution in [0.4, 0.5) is 13.9 Å². The molecule has 2 aromatic carbocycles. The van der Waals surface area contributed by atoms with Gasteiger partial charge < -0.3 is 9.30 Å². The van der Waals surface area contributed by atoms with Crippen molar-refractivity contribution in [1.29, 1.82) is 0 Å². The van der Waals surface area contributed by atoms with Crippen LogP contribution in [0, 0.1) is 25.5 Å². The second-order valence-electron chi connectivity index (χ2n) is 6.90. The van der Waals surface area contributed by atoms with Gasteiger partial charge in [-0.15, -0.1) is 11.3 Å². The van der Waals surface area contributed by atoms with Gasteiger partial charge in [-0.3, -0.25) is 10.1 Å². The molecule has 0 saturated heterocycles. The predicted octanol–water partition coefficient (Wildman–Crippen LogP) is 5.51. The molecule has 2 heterocycles. The normalized spacial score (nSPS) is 10.8. The first-order valence-electron chi connectivity index (χ1n) is 9.50. The molecule has 158 valence electrons. The molecular formula is C23H19F2N3O2S. The lowest BCUT2D eigenvalue weighted by Gasteiger charge is -2.09. The van der Waals surface area contributed by atoms with E-state index in [9.17, 15) is 13.6 Å². The van der Waals surface area contributed by atoms with E-state index >= 15 is 0 Å². The standard InChI is InChI=1S/C23H19F2N3O2S/c1-14-11-18(15(2)28(14)17-9-7-16(24)8-10-17)20-13-31-23(26-20)27-22(29)12-30-21-6-4-3-5-19(21)25/h3-11,13H,12H2,1-2H3,(H,26,27,29). The zero-order valence-electron chi connectivity index (χ0n) is 16.9. The fourth-order valence-electron chi connectivity index (χ4n) is 3.32. The second-order valence-corrected chi connectivity index (χ2v) is 7.76. The molecule has 0 aliphatic carbocycles. The molecule has 0 fully saturated rings. The third-order valence-electron chi connectivity index (χ3n) is 4.74. The monoisotopic (exact) mass is 439 g/mol. The van der Waals surface area contributed by atoms with E-state index in [4.69, 9.17) is 4.74 Å². The zero-order valence-corrected chi connectivity index (χ0v) is 17.7. The van der Waals surface area contributed by atoms with Gasteiger partial charge in [0.15, 0.2) is 23.3 Å². The average molecular weight is 439 g/mol. The highest BCUT2D eigenvalue weighted by atomic mass is 32.1. The molecule has 4 rings (SSSR count). The first-order valence-corrected chi connectivity index (χ1v) is 10.4. The minimum Gasteiger partial charge on any atom is -0.481 e. The number of benzene rings is 2. The number of carbonyl (C=O) groups excluding carboxylic acids is 1.